The molecular formula is C16H15N5O3S. The van der Waals surface area contributed by atoms with Crippen LogP contribution in [0.4, 0.5) is 5.69 Å². The largest absolute Gasteiger partial charge is 0.508 e. The van der Waals surface area contributed by atoms with E-state index in [4.69, 9.17) is 4.74 Å². The smallest absolute Gasteiger partial charge is 0.234 e. The third kappa shape index (κ3) is 4.07. The van der Waals surface area contributed by atoms with E-state index in [1.54, 1.807) is 43.5 Å². The van der Waals surface area contributed by atoms with E-state index in [9.17, 15) is 9.90 Å². The zero-order valence-electron chi connectivity index (χ0n) is 13.3. The van der Waals surface area contributed by atoms with E-state index in [1.807, 2.05) is 12.1 Å². The molecule has 0 saturated heterocycles. The number of methoxy groups -OCH3 is 1. The summed E-state index contributed by atoms with van der Waals surface area (Å²) in [6.07, 6.45) is 0. The Morgan fingerprint density at radius 3 is 2.76 bits per heavy atom. The molecule has 1 amide bonds. The molecule has 2 N–H and O–H groups in total. The third-order valence-electron chi connectivity index (χ3n) is 3.25. The van der Waals surface area contributed by atoms with E-state index in [0.717, 1.165) is 0 Å². The molecule has 0 bridgehead atoms. The van der Waals surface area contributed by atoms with Crippen molar-refractivity contribution in [2.45, 2.75) is 5.16 Å². The minimum absolute atomic E-state index is 0.135. The van der Waals surface area contributed by atoms with Crippen molar-refractivity contribution >= 4 is 23.4 Å². The van der Waals surface area contributed by atoms with E-state index in [1.165, 1.54) is 16.4 Å². The molecule has 0 radical (unpaired) electrons. The highest BCUT2D eigenvalue weighted by Crippen LogP contribution is 2.24. The molecule has 25 heavy (non-hydrogen) atoms. The highest BCUT2D eigenvalue weighted by atomic mass is 32.2. The predicted octanol–water partition coefficient (Wildman–Crippen LogP) is 2.11. The van der Waals surface area contributed by atoms with Crippen molar-refractivity contribution in [2.75, 3.05) is 18.2 Å². The first-order chi connectivity index (χ1) is 12.2. The van der Waals surface area contributed by atoms with Crippen LogP contribution in [0.5, 0.6) is 11.5 Å². The third-order valence-corrected chi connectivity index (χ3v) is 4.17. The maximum atomic E-state index is 12.2. The SMILES string of the molecule is COc1ccccc1NC(=O)CSc1nnnn1-c1ccc(O)cc1. The molecule has 0 atom stereocenters. The zero-order valence-corrected chi connectivity index (χ0v) is 14.1. The van der Waals surface area contributed by atoms with Crippen LogP contribution in [0.15, 0.2) is 53.7 Å². The van der Waals surface area contributed by atoms with Gasteiger partial charge in [-0.25, -0.2) is 0 Å². The highest BCUT2D eigenvalue weighted by Gasteiger charge is 2.13. The summed E-state index contributed by atoms with van der Waals surface area (Å²) in [4.78, 5) is 12.2. The minimum atomic E-state index is -0.199. The number of phenolic OH excluding ortho intramolecular Hbond substituents is 1. The van der Waals surface area contributed by atoms with Gasteiger partial charge in [0, 0.05) is 0 Å². The van der Waals surface area contributed by atoms with Crippen LogP contribution in [0.3, 0.4) is 0 Å². The Hall–Kier alpha value is -3.07. The van der Waals surface area contributed by atoms with E-state index < -0.39 is 0 Å². The van der Waals surface area contributed by atoms with Crippen LogP contribution in [0, 0.1) is 0 Å². The summed E-state index contributed by atoms with van der Waals surface area (Å²) in [5, 5.41) is 24.1. The van der Waals surface area contributed by atoms with E-state index in [0.29, 0.717) is 22.3 Å². The number of carbonyl (C=O) groups is 1. The second-order valence-corrected chi connectivity index (χ2v) is 5.87. The normalized spacial score (nSPS) is 10.4. The van der Waals surface area contributed by atoms with Crippen LogP contribution < -0.4 is 10.1 Å². The lowest BCUT2D eigenvalue weighted by Gasteiger charge is -2.09. The number of nitrogens with zero attached hydrogens (tertiary/aromatic N) is 4. The number of carbonyl (C=O) groups excluding carboxylic acids is 1. The minimum Gasteiger partial charge on any atom is -0.508 e. The van der Waals surface area contributed by atoms with Crippen molar-refractivity contribution in [3.05, 3.63) is 48.5 Å². The molecule has 0 spiro atoms. The Labute approximate surface area is 147 Å². The van der Waals surface area contributed by atoms with Crippen LogP contribution in [-0.2, 0) is 4.79 Å². The fourth-order valence-corrected chi connectivity index (χ4v) is 2.78. The number of hydrogen-bond acceptors (Lipinski definition) is 7. The molecule has 3 aromatic rings. The van der Waals surface area contributed by atoms with Gasteiger partial charge >= 0.3 is 0 Å². The Morgan fingerprint density at radius 1 is 1.24 bits per heavy atom. The van der Waals surface area contributed by atoms with Gasteiger partial charge in [-0.3, -0.25) is 4.79 Å². The van der Waals surface area contributed by atoms with Crippen molar-refractivity contribution in [1.29, 1.82) is 0 Å². The molecule has 9 heteroatoms. The van der Waals surface area contributed by atoms with Gasteiger partial charge in [0.25, 0.3) is 0 Å². The monoisotopic (exact) mass is 357 g/mol. The fourth-order valence-electron chi connectivity index (χ4n) is 2.09. The number of anilines is 1. The van der Waals surface area contributed by atoms with E-state index in [2.05, 4.69) is 20.8 Å². The number of amides is 1. The number of aromatic nitrogens is 4. The first kappa shape index (κ1) is 16.8. The van der Waals surface area contributed by atoms with E-state index >= 15 is 0 Å². The number of aromatic hydroxyl groups is 1. The van der Waals surface area contributed by atoms with Crippen molar-refractivity contribution in [2.24, 2.45) is 0 Å². The van der Waals surface area contributed by atoms with Gasteiger partial charge in [-0.15, -0.1) is 5.10 Å². The maximum absolute atomic E-state index is 12.2. The number of thioether (sulfide) groups is 1. The van der Waals surface area contributed by atoms with Crippen LogP contribution in [0.2, 0.25) is 0 Å². The Morgan fingerprint density at radius 2 is 2.00 bits per heavy atom. The predicted molar refractivity (Wildman–Crippen MR) is 93.2 cm³/mol. The number of rotatable bonds is 6. The average Bonchev–Trinajstić information content (AvgIpc) is 3.09. The number of ether oxygens (including phenoxy) is 1. The van der Waals surface area contributed by atoms with Crippen molar-refractivity contribution in [3.63, 3.8) is 0 Å². The van der Waals surface area contributed by atoms with Crippen LogP contribution >= 0.6 is 11.8 Å². The van der Waals surface area contributed by atoms with E-state index in [-0.39, 0.29) is 17.4 Å². The maximum Gasteiger partial charge on any atom is 0.234 e. The number of hydrogen-bond donors (Lipinski definition) is 2. The van der Waals surface area contributed by atoms with Gasteiger partial charge in [-0.05, 0) is 46.8 Å². The number of tetrazole rings is 1. The lowest BCUT2D eigenvalue weighted by Crippen LogP contribution is -2.15. The number of nitrogens with one attached hydrogen (secondary N) is 1. The molecule has 0 fully saturated rings. The number of para-hydroxylation sites is 2. The molecule has 0 aliphatic carbocycles. The Bertz CT molecular complexity index is 866. The molecule has 0 aliphatic rings. The topological polar surface area (TPSA) is 102 Å². The van der Waals surface area contributed by atoms with Gasteiger partial charge in [0.15, 0.2) is 0 Å². The summed E-state index contributed by atoms with van der Waals surface area (Å²) >= 11 is 1.21. The number of phenols is 1. The molecule has 8 nitrogen and oxygen atoms in total. The van der Waals surface area contributed by atoms with Gasteiger partial charge in [0.1, 0.15) is 11.5 Å². The van der Waals surface area contributed by atoms with Crippen molar-refractivity contribution < 1.29 is 14.6 Å². The summed E-state index contributed by atoms with van der Waals surface area (Å²) in [6, 6.07) is 13.6. The second-order valence-electron chi connectivity index (χ2n) is 4.93. The Kier molecular flexibility index (Phi) is 5.14. The van der Waals surface area contributed by atoms with Crippen LogP contribution in [0.25, 0.3) is 5.69 Å². The molecule has 3 rings (SSSR count). The summed E-state index contributed by atoms with van der Waals surface area (Å²) in [7, 11) is 1.55. The average molecular weight is 357 g/mol. The van der Waals surface area contributed by atoms with Gasteiger partial charge in [0.2, 0.25) is 11.1 Å². The summed E-state index contributed by atoms with van der Waals surface area (Å²) < 4.78 is 6.71. The van der Waals surface area contributed by atoms with Gasteiger partial charge in [0.05, 0.1) is 24.2 Å². The van der Waals surface area contributed by atoms with Crippen molar-refractivity contribution in [1.82, 2.24) is 20.2 Å². The molecule has 1 aromatic heterocycles. The summed E-state index contributed by atoms with van der Waals surface area (Å²) in [6.45, 7) is 0. The standard InChI is InChI=1S/C16H15N5O3S/c1-24-14-5-3-2-4-13(14)17-15(23)10-25-16-18-19-20-21(16)11-6-8-12(22)9-7-11/h2-9,22H,10H2,1H3,(H,17,23). The van der Waals surface area contributed by atoms with Gasteiger partial charge in [-0.2, -0.15) is 4.68 Å². The van der Waals surface area contributed by atoms with Crippen LogP contribution in [-0.4, -0.2) is 44.1 Å². The van der Waals surface area contributed by atoms with Gasteiger partial charge < -0.3 is 15.2 Å². The molecule has 128 valence electrons. The molecule has 0 aliphatic heterocycles. The highest BCUT2D eigenvalue weighted by molar-refractivity contribution is 7.99. The fraction of sp³-hybridized carbons (Fsp3) is 0.125. The lowest BCUT2D eigenvalue weighted by molar-refractivity contribution is -0.113. The number of benzene rings is 2. The first-order valence-electron chi connectivity index (χ1n) is 7.31. The molecular weight excluding hydrogens is 342 g/mol. The first-order valence-corrected chi connectivity index (χ1v) is 8.29. The van der Waals surface area contributed by atoms with Crippen LogP contribution in [0.1, 0.15) is 0 Å². The molecule has 0 saturated carbocycles. The Balaban J connectivity index is 1.65. The molecule has 2 aromatic carbocycles. The molecule has 1 heterocycles. The molecule has 0 unspecified atom stereocenters. The summed E-state index contributed by atoms with van der Waals surface area (Å²) in [5.41, 5.74) is 1.30. The zero-order chi connectivity index (χ0) is 17.6. The summed E-state index contributed by atoms with van der Waals surface area (Å²) in [5.74, 6) is 0.683. The van der Waals surface area contributed by atoms with Crippen molar-refractivity contribution in [3.8, 4) is 17.2 Å². The second kappa shape index (κ2) is 7.67. The quantitative estimate of drug-likeness (QED) is 0.651. The van der Waals surface area contributed by atoms with Gasteiger partial charge in [-0.1, -0.05) is 23.9 Å². The lowest BCUT2D eigenvalue weighted by atomic mass is 10.3.